The van der Waals surface area contributed by atoms with Crippen molar-refractivity contribution in [2.75, 3.05) is 51.8 Å². The van der Waals surface area contributed by atoms with Crippen LogP contribution in [0.4, 0.5) is 5.82 Å². The van der Waals surface area contributed by atoms with Crippen molar-refractivity contribution in [3.8, 4) is 0 Å². The number of hydrogen-bond donors (Lipinski definition) is 1. The molecule has 1 saturated heterocycles. The molecule has 0 unspecified atom stereocenters. The van der Waals surface area contributed by atoms with Crippen LogP contribution < -0.4 is 10.2 Å². The van der Waals surface area contributed by atoms with Crippen LogP contribution in [0.2, 0.25) is 0 Å². The Morgan fingerprint density at radius 3 is 2.52 bits per heavy atom. The normalized spacial score (nSPS) is 18.9. The molecule has 23 heavy (non-hydrogen) atoms. The van der Waals surface area contributed by atoms with E-state index in [1.807, 2.05) is 11.7 Å². The molecule has 0 aromatic carbocycles. The van der Waals surface area contributed by atoms with E-state index in [1.54, 1.807) is 0 Å². The summed E-state index contributed by atoms with van der Waals surface area (Å²) in [4.78, 5) is 4.70. The molecule has 6 nitrogen and oxygen atoms in total. The summed E-state index contributed by atoms with van der Waals surface area (Å²) in [6, 6.07) is 0. The van der Waals surface area contributed by atoms with Gasteiger partial charge in [0, 0.05) is 58.4 Å². The van der Waals surface area contributed by atoms with Crippen LogP contribution in [0.3, 0.4) is 0 Å². The third kappa shape index (κ3) is 4.05. The lowest BCUT2D eigenvalue weighted by Crippen LogP contribution is -2.56. The van der Waals surface area contributed by atoms with Gasteiger partial charge in [0.1, 0.15) is 5.82 Å². The van der Waals surface area contributed by atoms with Crippen LogP contribution in [0.5, 0.6) is 0 Å². The van der Waals surface area contributed by atoms with E-state index in [0.717, 1.165) is 51.5 Å². The van der Waals surface area contributed by atoms with Gasteiger partial charge in [-0.25, -0.2) is 0 Å². The quantitative estimate of drug-likeness (QED) is 0.821. The zero-order valence-corrected chi connectivity index (χ0v) is 15.6. The zero-order chi connectivity index (χ0) is 17.0. The van der Waals surface area contributed by atoms with Crippen LogP contribution in [0.25, 0.3) is 0 Å². The molecule has 1 aromatic heterocycles. The van der Waals surface area contributed by atoms with Crippen molar-refractivity contribution >= 4 is 5.82 Å². The molecule has 1 aliphatic rings. The van der Waals surface area contributed by atoms with E-state index in [-0.39, 0.29) is 5.54 Å². The lowest BCUT2D eigenvalue weighted by atomic mass is 9.95. The largest absolute Gasteiger partial charge is 0.379 e. The number of nitrogens with zero attached hydrogens (tertiary/aromatic N) is 4. The van der Waals surface area contributed by atoms with Crippen molar-refractivity contribution in [2.24, 2.45) is 7.05 Å². The lowest BCUT2D eigenvalue weighted by molar-refractivity contribution is -0.0175. The van der Waals surface area contributed by atoms with Crippen molar-refractivity contribution < 1.29 is 4.74 Å². The molecular weight excluding hydrogens is 290 g/mol. The topological polar surface area (TPSA) is 45.6 Å². The molecule has 0 amide bonds. The molecule has 1 N–H and O–H groups in total. The highest BCUT2D eigenvalue weighted by Crippen LogP contribution is 2.23. The molecule has 1 aliphatic heterocycles. The fourth-order valence-corrected chi connectivity index (χ4v) is 3.48. The summed E-state index contributed by atoms with van der Waals surface area (Å²) in [6.45, 7) is 12.3. The minimum absolute atomic E-state index is 0.179. The van der Waals surface area contributed by atoms with Gasteiger partial charge in [-0.1, -0.05) is 6.92 Å². The highest BCUT2D eigenvalue weighted by atomic mass is 16.5. The number of anilines is 1. The van der Waals surface area contributed by atoms with Crippen LogP contribution in [-0.2, 0) is 18.3 Å². The number of nitrogens with one attached hydrogen (secondary N) is 1. The first-order valence-corrected chi connectivity index (χ1v) is 8.62. The van der Waals surface area contributed by atoms with Crippen LogP contribution in [-0.4, -0.2) is 67.2 Å². The Bertz CT molecular complexity index is 507. The highest BCUT2D eigenvalue weighted by molar-refractivity contribution is 5.48. The number of morpholine rings is 1. The Kier molecular flexibility index (Phi) is 6.06. The zero-order valence-electron chi connectivity index (χ0n) is 15.6. The van der Waals surface area contributed by atoms with Gasteiger partial charge in [0.25, 0.3) is 0 Å². The average Bonchev–Trinajstić information content (AvgIpc) is 2.82. The fraction of sp³-hybridized carbons (Fsp3) is 0.824. The minimum atomic E-state index is 0.179. The monoisotopic (exact) mass is 323 g/mol. The van der Waals surface area contributed by atoms with Crippen LogP contribution in [0, 0.1) is 6.92 Å². The van der Waals surface area contributed by atoms with Gasteiger partial charge in [-0.05, 0) is 20.3 Å². The molecule has 132 valence electrons. The number of aryl methyl sites for hydroxylation is 2. The lowest BCUT2D eigenvalue weighted by Gasteiger charge is -2.43. The summed E-state index contributed by atoms with van der Waals surface area (Å²) in [5.41, 5.74) is 2.57. The van der Waals surface area contributed by atoms with Crippen molar-refractivity contribution in [1.29, 1.82) is 0 Å². The molecule has 0 bridgehead atoms. The first-order chi connectivity index (χ1) is 10.9. The summed E-state index contributed by atoms with van der Waals surface area (Å²) in [6.07, 6.45) is 1.13. The Hall–Kier alpha value is -1.11. The fourth-order valence-electron chi connectivity index (χ4n) is 3.48. The second-order valence-electron chi connectivity index (χ2n) is 6.96. The summed E-state index contributed by atoms with van der Waals surface area (Å²) in [5, 5.41) is 8.24. The number of aromatic nitrogens is 2. The van der Waals surface area contributed by atoms with Crippen LogP contribution in [0.15, 0.2) is 0 Å². The van der Waals surface area contributed by atoms with E-state index in [4.69, 9.17) is 4.74 Å². The third-order valence-corrected chi connectivity index (χ3v) is 5.08. The Labute approximate surface area is 140 Å². The summed E-state index contributed by atoms with van der Waals surface area (Å²) in [7, 11) is 6.16. The van der Waals surface area contributed by atoms with Gasteiger partial charge in [-0.2, -0.15) is 5.10 Å². The maximum atomic E-state index is 5.50. The van der Waals surface area contributed by atoms with Crippen molar-refractivity contribution in [1.82, 2.24) is 20.0 Å². The molecule has 0 spiro atoms. The molecule has 1 fully saturated rings. The first kappa shape index (κ1) is 18.2. The van der Waals surface area contributed by atoms with E-state index in [0.29, 0.717) is 0 Å². The highest BCUT2D eigenvalue weighted by Gasteiger charge is 2.31. The van der Waals surface area contributed by atoms with Crippen molar-refractivity contribution in [2.45, 2.75) is 39.3 Å². The molecule has 0 saturated carbocycles. The van der Waals surface area contributed by atoms with Gasteiger partial charge in [-0.3, -0.25) is 9.58 Å². The maximum absolute atomic E-state index is 5.50. The summed E-state index contributed by atoms with van der Waals surface area (Å²) < 4.78 is 7.46. The molecule has 2 rings (SSSR count). The predicted molar refractivity (Wildman–Crippen MR) is 95.1 cm³/mol. The maximum Gasteiger partial charge on any atom is 0.130 e. The molecule has 0 aliphatic carbocycles. The van der Waals surface area contributed by atoms with Crippen LogP contribution >= 0.6 is 0 Å². The van der Waals surface area contributed by atoms with E-state index >= 15 is 0 Å². The molecule has 6 heteroatoms. The molecular formula is C17H33N5O. The van der Waals surface area contributed by atoms with Gasteiger partial charge in [0.05, 0.1) is 18.9 Å². The van der Waals surface area contributed by atoms with Gasteiger partial charge >= 0.3 is 0 Å². The Balaban J connectivity index is 2.00. The van der Waals surface area contributed by atoms with E-state index in [1.165, 1.54) is 11.4 Å². The second kappa shape index (κ2) is 7.64. The first-order valence-electron chi connectivity index (χ1n) is 8.62. The van der Waals surface area contributed by atoms with E-state index in [2.05, 4.69) is 55.1 Å². The Morgan fingerprint density at radius 2 is 1.96 bits per heavy atom. The number of ether oxygens (including phenoxy) is 1. The SMILES string of the molecule is CC[C@@](C)(CNCc1c(C)nn(C)c1N(C)C)N1CCOCC1. The minimum Gasteiger partial charge on any atom is -0.379 e. The standard InChI is InChI=1S/C17H33N5O/c1-7-17(3,22-8-10-23-11-9-22)13-18-12-15-14(2)19-21(6)16(15)20(4)5/h18H,7-13H2,1-6H3/t17-/m0/s1. The van der Waals surface area contributed by atoms with Crippen LogP contribution in [0.1, 0.15) is 31.5 Å². The smallest absolute Gasteiger partial charge is 0.130 e. The molecule has 1 atom stereocenters. The summed E-state index contributed by atoms with van der Waals surface area (Å²) >= 11 is 0. The van der Waals surface area contributed by atoms with E-state index in [9.17, 15) is 0 Å². The van der Waals surface area contributed by atoms with Gasteiger partial charge in [0.15, 0.2) is 0 Å². The Morgan fingerprint density at radius 1 is 1.30 bits per heavy atom. The molecule has 0 radical (unpaired) electrons. The van der Waals surface area contributed by atoms with E-state index < -0.39 is 0 Å². The predicted octanol–water partition coefficient (Wildman–Crippen LogP) is 1.39. The van der Waals surface area contributed by atoms with Gasteiger partial charge in [-0.15, -0.1) is 0 Å². The van der Waals surface area contributed by atoms with Gasteiger partial charge in [0.2, 0.25) is 0 Å². The van der Waals surface area contributed by atoms with Gasteiger partial charge < -0.3 is 15.0 Å². The third-order valence-electron chi connectivity index (χ3n) is 5.08. The van der Waals surface area contributed by atoms with Crippen molar-refractivity contribution in [3.63, 3.8) is 0 Å². The number of hydrogen-bond acceptors (Lipinski definition) is 5. The molecule has 2 heterocycles. The molecule has 1 aromatic rings. The average molecular weight is 323 g/mol. The summed E-state index contributed by atoms with van der Waals surface area (Å²) in [5.74, 6) is 1.18. The van der Waals surface area contributed by atoms with Crippen molar-refractivity contribution in [3.05, 3.63) is 11.3 Å². The second-order valence-corrected chi connectivity index (χ2v) is 6.96. The number of rotatable bonds is 7.